The van der Waals surface area contributed by atoms with Gasteiger partial charge in [0.05, 0.1) is 12.4 Å². The van der Waals surface area contributed by atoms with E-state index in [1.807, 2.05) is 38.1 Å². The zero-order chi connectivity index (χ0) is 17.6. The molecule has 3 heterocycles. The lowest BCUT2D eigenvalue weighted by atomic mass is 10.4. The summed E-state index contributed by atoms with van der Waals surface area (Å²) in [4.78, 5) is 4.26. The van der Waals surface area contributed by atoms with Crippen molar-refractivity contribution in [1.29, 1.82) is 0 Å². The van der Waals surface area contributed by atoms with E-state index >= 15 is 0 Å². The van der Waals surface area contributed by atoms with E-state index < -0.39 is 0 Å². The van der Waals surface area contributed by atoms with Crippen molar-refractivity contribution >= 4 is 24.2 Å². The molecule has 0 bridgehead atoms. The molecule has 9 heteroatoms. The number of furan rings is 2. The van der Waals surface area contributed by atoms with Crippen LogP contribution in [0.25, 0.3) is 0 Å². The number of hydrazone groups is 2. The fraction of sp³-hybridized carbons (Fsp3) is 0.188. The highest BCUT2D eigenvalue weighted by Gasteiger charge is 2.04. The van der Waals surface area contributed by atoms with Crippen LogP contribution >= 0.6 is 0 Å². The van der Waals surface area contributed by atoms with Crippen molar-refractivity contribution in [3.63, 3.8) is 0 Å². The maximum absolute atomic E-state index is 5.39. The molecule has 2 N–H and O–H groups in total. The van der Waals surface area contributed by atoms with Crippen LogP contribution in [0.4, 0.5) is 11.8 Å². The number of hydrogen-bond acceptors (Lipinski definition) is 9. The Morgan fingerprint density at radius 1 is 0.840 bits per heavy atom. The van der Waals surface area contributed by atoms with Crippen LogP contribution in [0.3, 0.4) is 0 Å². The summed E-state index contributed by atoms with van der Waals surface area (Å²) in [6, 6.07) is 7.35. The van der Waals surface area contributed by atoms with E-state index in [2.05, 4.69) is 36.2 Å². The third-order valence-corrected chi connectivity index (χ3v) is 3.10. The van der Waals surface area contributed by atoms with Gasteiger partial charge in [0.1, 0.15) is 28.7 Å². The van der Waals surface area contributed by atoms with E-state index in [1.165, 1.54) is 6.21 Å². The van der Waals surface area contributed by atoms with E-state index in [0.717, 1.165) is 11.5 Å². The summed E-state index contributed by atoms with van der Waals surface area (Å²) in [7, 11) is 0. The lowest BCUT2D eigenvalue weighted by Crippen LogP contribution is -2.05. The summed E-state index contributed by atoms with van der Waals surface area (Å²) in [5.41, 5.74) is 6.10. The summed E-state index contributed by atoms with van der Waals surface area (Å²) >= 11 is 0. The van der Waals surface area contributed by atoms with Gasteiger partial charge in [0.25, 0.3) is 5.95 Å². The van der Waals surface area contributed by atoms with Crippen LogP contribution in [-0.4, -0.2) is 27.6 Å². The average molecular weight is 339 g/mol. The lowest BCUT2D eigenvalue weighted by Gasteiger charge is -2.04. The minimum atomic E-state index is 0.233. The second kappa shape index (κ2) is 7.39. The van der Waals surface area contributed by atoms with Crippen molar-refractivity contribution in [2.45, 2.75) is 20.8 Å². The predicted octanol–water partition coefficient (Wildman–Crippen LogP) is 2.87. The fourth-order valence-corrected chi connectivity index (χ4v) is 1.89. The smallest absolute Gasteiger partial charge is 0.265 e. The molecule has 0 fully saturated rings. The Hall–Kier alpha value is -3.49. The van der Waals surface area contributed by atoms with Crippen molar-refractivity contribution in [3.05, 3.63) is 53.0 Å². The molecule has 0 radical (unpaired) electrons. The second-order valence-electron chi connectivity index (χ2n) is 5.21. The topological polar surface area (TPSA) is 114 Å². The number of nitrogens with one attached hydrogen (secondary N) is 2. The second-order valence-corrected chi connectivity index (χ2v) is 5.21. The number of nitrogens with zero attached hydrogens (tertiary/aromatic N) is 5. The Kier molecular flexibility index (Phi) is 4.84. The molecule has 0 unspecified atom stereocenters. The maximum Gasteiger partial charge on any atom is 0.265 e. The molecule has 0 aliphatic rings. The van der Waals surface area contributed by atoms with Crippen molar-refractivity contribution < 1.29 is 8.83 Å². The van der Waals surface area contributed by atoms with Crippen LogP contribution in [0.5, 0.6) is 0 Å². The molecule has 3 aromatic rings. The highest BCUT2D eigenvalue weighted by molar-refractivity contribution is 5.77. The monoisotopic (exact) mass is 339 g/mol. The summed E-state index contributed by atoms with van der Waals surface area (Å²) in [5, 5.41) is 16.0. The maximum atomic E-state index is 5.39. The van der Waals surface area contributed by atoms with Gasteiger partial charge in [-0.15, -0.1) is 10.2 Å². The molecule has 3 aromatic heterocycles. The molecule has 0 saturated carbocycles. The van der Waals surface area contributed by atoms with Gasteiger partial charge in [-0.2, -0.15) is 15.2 Å². The van der Waals surface area contributed by atoms with Crippen LogP contribution in [-0.2, 0) is 0 Å². The van der Waals surface area contributed by atoms with Gasteiger partial charge >= 0.3 is 0 Å². The average Bonchev–Trinajstić information content (AvgIpc) is 3.18. The standard InChI is InChI=1S/C16H17N7O2/c1-10-4-6-13(24-10)8-17-21-15-12(3)20-23-16(19-15)22-18-9-14-7-5-11(2)25-14/h4-9H,1-3H3,(H2,19,21,22,23)/b17-8+,18-9+. The molecule has 0 atom stereocenters. The summed E-state index contributed by atoms with van der Waals surface area (Å²) < 4.78 is 10.8. The highest BCUT2D eigenvalue weighted by atomic mass is 16.3. The van der Waals surface area contributed by atoms with Crippen molar-refractivity contribution in [1.82, 2.24) is 15.2 Å². The molecule has 128 valence electrons. The van der Waals surface area contributed by atoms with Gasteiger partial charge in [-0.1, -0.05) is 0 Å². The number of rotatable bonds is 6. The Morgan fingerprint density at radius 3 is 2.00 bits per heavy atom. The first-order valence-corrected chi connectivity index (χ1v) is 7.52. The molecule has 0 aliphatic heterocycles. The van der Waals surface area contributed by atoms with Crippen molar-refractivity contribution in [2.24, 2.45) is 10.2 Å². The first-order chi connectivity index (χ1) is 12.1. The van der Waals surface area contributed by atoms with E-state index in [1.54, 1.807) is 13.1 Å². The minimum absolute atomic E-state index is 0.233. The first-order valence-electron chi connectivity index (χ1n) is 7.52. The zero-order valence-corrected chi connectivity index (χ0v) is 14.0. The number of aryl methyl sites for hydroxylation is 3. The Labute approximate surface area is 143 Å². The summed E-state index contributed by atoms with van der Waals surface area (Å²) in [6.07, 6.45) is 3.08. The first kappa shape index (κ1) is 16.4. The zero-order valence-electron chi connectivity index (χ0n) is 14.0. The Balaban J connectivity index is 1.63. The molecular weight excluding hydrogens is 322 g/mol. The minimum Gasteiger partial charge on any atom is -0.460 e. The van der Waals surface area contributed by atoms with Gasteiger partial charge in [0.2, 0.25) is 0 Å². The predicted molar refractivity (Wildman–Crippen MR) is 93.9 cm³/mol. The van der Waals surface area contributed by atoms with Crippen LogP contribution in [0.1, 0.15) is 28.7 Å². The van der Waals surface area contributed by atoms with E-state index in [-0.39, 0.29) is 5.95 Å². The SMILES string of the molecule is Cc1ccc(/C=N/Nc2nnc(C)c(N/N=C/c3ccc(C)o3)n2)o1. The van der Waals surface area contributed by atoms with Crippen LogP contribution in [0.15, 0.2) is 43.3 Å². The molecule has 0 amide bonds. The molecule has 0 aromatic carbocycles. The van der Waals surface area contributed by atoms with Gasteiger partial charge in [0, 0.05) is 0 Å². The van der Waals surface area contributed by atoms with Gasteiger partial charge in [-0.3, -0.25) is 5.43 Å². The molecular formula is C16H17N7O2. The highest BCUT2D eigenvalue weighted by Crippen LogP contribution is 2.10. The van der Waals surface area contributed by atoms with E-state index in [4.69, 9.17) is 8.83 Å². The van der Waals surface area contributed by atoms with E-state index in [9.17, 15) is 0 Å². The molecule has 0 aliphatic carbocycles. The molecule has 9 nitrogen and oxygen atoms in total. The number of aromatic nitrogens is 3. The van der Waals surface area contributed by atoms with Crippen molar-refractivity contribution in [2.75, 3.05) is 10.9 Å². The van der Waals surface area contributed by atoms with Gasteiger partial charge in [-0.25, -0.2) is 5.43 Å². The van der Waals surface area contributed by atoms with Gasteiger partial charge in [0.15, 0.2) is 5.82 Å². The van der Waals surface area contributed by atoms with Gasteiger partial charge in [-0.05, 0) is 45.0 Å². The van der Waals surface area contributed by atoms with E-state index in [0.29, 0.717) is 23.0 Å². The number of hydrogen-bond donors (Lipinski definition) is 2. The molecule has 25 heavy (non-hydrogen) atoms. The third kappa shape index (κ3) is 4.50. The van der Waals surface area contributed by atoms with Gasteiger partial charge < -0.3 is 8.83 Å². The van der Waals surface area contributed by atoms with Crippen LogP contribution in [0, 0.1) is 20.8 Å². The third-order valence-electron chi connectivity index (χ3n) is 3.10. The Morgan fingerprint density at radius 2 is 1.44 bits per heavy atom. The number of anilines is 2. The molecule has 0 spiro atoms. The van der Waals surface area contributed by atoms with Crippen molar-refractivity contribution in [3.8, 4) is 0 Å². The quantitative estimate of drug-likeness (QED) is 0.524. The summed E-state index contributed by atoms with van der Waals surface area (Å²) in [6.45, 7) is 5.50. The molecule has 3 rings (SSSR count). The van der Waals surface area contributed by atoms with Crippen LogP contribution in [0.2, 0.25) is 0 Å². The lowest BCUT2D eigenvalue weighted by molar-refractivity contribution is 0.527. The fourth-order valence-electron chi connectivity index (χ4n) is 1.89. The summed E-state index contributed by atoms with van der Waals surface area (Å²) in [5.74, 6) is 3.59. The van der Waals surface area contributed by atoms with Crippen LogP contribution < -0.4 is 10.9 Å². The normalized spacial score (nSPS) is 11.5. The Bertz CT molecular complexity index is 911. The molecule has 0 saturated heterocycles. The largest absolute Gasteiger partial charge is 0.460 e.